The summed E-state index contributed by atoms with van der Waals surface area (Å²) in [5, 5.41) is 3.71. The number of benzene rings is 1. The van der Waals surface area contributed by atoms with Crippen LogP contribution in [0.2, 0.25) is 0 Å². The molecule has 1 fully saturated rings. The molecule has 1 aromatic carbocycles. The van der Waals surface area contributed by atoms with Gasteiger partial charge in [-0.1, -0.05) is 12.1 Å². The lowest BCUT2D eigenvalue weighted by molar-refractivity contribution is 0.0950. The molecule has 2 aliphatic rings. The predicted molar refractivity (Wildman–Crippen MR) is 150 cm³/mol. The van der Waals surface area contributed by atoms with Crippen LogP contribution in [0, 0.1) is 5.92 Å². The summed E-state index contributed by atoms with van der Waals surface area (Å²) in [6.45, 7) is 3.11. The lowest BCUT2D eigenvalue weighted by Gasteiger charge is -2.39. The van der Waals surface area contributed by atoms with Gasteiger partial charge in [0.1, 0.15) is 5.82 Å². The van der Waals surface area contributed by atoms with E-state index in [1.54, 1.807) is 25.4 Å². The molecule has 0 aliphatic carbocycles. The molecule has 0 bridgehead atoms. The van der Waals surface area contributed by atoms with Crippen molar-refractivity contribution in [2.75, 3.05) is 44.1 Å². The van der Waals surface area contributed by atoms with Crippen molar-refractivity contribution in [3.63, 3.8) is 0 Å². The smallest absolute Gasteiger partial charge is 0.251 e. The third-order valence-corrected chi connectivity index (χ3v) is 8.91. The number of pyridine rings is 3. The van der Waals surface area contributed by atoms with Gasteiger partial charge in [0.25, 0.3) is 5.91 Å². The molecule has 0 atom stereocenters. The minimum atomic E-state index is -3.50. The summed E-state index contributed by atoms with van der Waals surface area (Å²) in [7, 11) is -1.78. The van der Waals surface area contributed by atoms with Gasteiger partial charge in [0.15, 0.2) is 9.84 Å². The third-order valence-electron chi connectivity index (χ3n) is 7.16. The van der Waals surface area contributed by atoms with E-state index in [0.29, 0.717) is 17.2 Å². The van der Waals surface area contributed by atoms with Gasteiger partial charge in [0.2, 0.25) is 0 Å². The molecule has 0 radical (unpaired) electrons. The summed E-state index contributed by atoms with van der Waals surface area (Å²) in [5.74, 6) is 0.961. The summed E-state index contributed by atoms with van der Waals surface area (Å²) in [4.78, 5) is 29.4. The fraction of sp³-hybridized carbons (Fsp3) is 0.310. The highest BCUT2D eigenvalue weighted by Gasteiger charge is 2.28. The number of methoxy groups -OCH3 is 1. The van der Waals surface area contributed by atoms with Crippen molar-refractivity contribution < 1.29 is 22.7 Å². The molecule has 3 aromatic heterocycles. The number of nitrogens with zero attached hydrogens (tertiary/aromatic N) is 4. The first-order valence-corrected chi connectivity index (χ1v) is 14.7. The number of carbonyl (C=O) groups is 1. The number of hydrogen-bond donors (Lipinski definition) is 1. The number of ether oxygens (including phenoxy) is 2. The minimum absolute atomic E-state index is 0.103. The molecule has 206 valence electrons. The van der Waals surface area contributed by atoms with Gasteiger partial charge in [0.05, 0.1) is 59.6 Å². The zero-order valence-corrected chi connectivity index (χ0v) is 22.9. The molecule has 2 aliphatic heterocycles. The SMILES string of the molecule is COCC1CN(c2cccc(-c3ccc4cnc(CNC(=O)c5ccc6c(c5)S(=O)(=O)CCOC6)cc4n3)n2)C1. The number of sulfone groups is 1. The Bertz CT molecular complexity index is 1690. The zero-order valence-electron chi connectivity index (χ0n) is 22.0. The van der Waals surface area contributed by atoms with Gasteiger partial charge in [-0.15, -0.1) is 0 Å². The van der Waals surface area contributed by atoms with Gasteiger partial charge in [-0.25, -0.2) is 18.4 Å². The molecule has 4 aromatic rings. The lowest BCUT2D eigenvalue weighted by atomic mass is 10.0. The van der Waals surface area contributed by atoms with Crippen LogP contribution in [0.1, 0.15) is 21.6 Å². The summed E-state index contributed by atoms with van der Waals surface area (Å²) < 4.78 is 35.8. The molecule has 5 heterocycles. The van der Waals surface area contributed by atoms with Crippen molar-refractivity contribution in [3.05, 3.63) is 77.6 Å². The van der Waals surface area contributed by atoms with Gasteiger partial charge in [-0.2, -0.15) is 0 Å². The fourth-order valence-electron chi connectivity index (χ4n) is 4.98. The van der Waals surface area contributed by atoms with Gasteiger partial charge >= 0.3 is 0 Å². The second-order valence-corrected chi connectivity index (χ2v) is 12.1. The molecule has 0 saturated carbocycles. The van der Waals surface area contributed by atoms with E-state index in [1.807, 2.05) is 36.4 Å². The van der Waals surface area contributed by atoms with Crippen molar-refractivity contribution in [1.82, 2.24) is 20.3 Å². The molecule has 1 amide bonds. The van der Waals surface area contributed by atoms with Gasteiger partial charge in [-0.05, 0) is 48.0 Å². The molecule has 10 nitrogen and oxygen atoms in total. The second kappa shape index (κ2) is 10.9. The first kappa shape index (κ1) is 26.3. The second-order valence-electron chi connectivity index (χ2n) is 10.0. The van der Waals surface area contributed by atoms with Gasteiger partial charge in [-0.3, -0.25) is 9.78 Å². The third kappa shape index (κ3) is 5.40. The maximum atomic E-state index is 12.9. The maximum Gasteiger partial charge on any atom is 0.251 e. The Balaban J connectivity index is 1.17. The van der Waals surface area contributed by atoms with Crippen molar-refractivity contribution in [2.45, 2.75) is 18.0 Å². The van der Waals surface area contributed by atoms with Crippen LogP contribution in [0.25, 0.3) is 22.3 Å². The summed E-state index contributed by atoms with van der Waals surface area (Å²) in [5.41, 5.74) is 3.74. The van der Waals surface area contributed by atoms with Crippen LogP contribution in [-0.4, -0.2) is 68.4 Å². The summed E-state index contributed by atoms with van der Waals surface area (Å²) in [6.07, 6.45) is 1.72. The normalized spacial score (nSPS) is 16.7. The molecule has 0 spiro atoms. The van der Waals surface area contributed by atoms with Crippen LogP contribution in [-0.2, 0) is 32.5 Å². The lowest BCUT2D eigenvalue weighted by Crippen LogP contribution is -2.49. The van der Waals surface area contributed by atoms with Crippen LogP contribution in [0.5, 0.6) is 0 Å². The molecule has 40 heavy (non-hydrogen) atoms. The number of hydrogen-bond acceptors (Lipinski definition) is 9. The standard InChI is InChI=1S/C29H29N5O5S/c1-38-17-19-15-34(16-19)28-4-2-3-24(33-28)25-8-7-21-13-30-23(12-26(21)32-25)14-31-29(35)20-5-6-22-18-39-9-10-40(36,37)27(22)11-20/h2-8,11-13,19H,9-10,14-18H2,1H3,(H,31,35). The molecular weight excluding hydrogens is 530 g/mol. The van der Waals surface area contributed by atoms with E-state index >= 15 is 0 Å². The highest BCUT2D eigenvalue weighted by Crippen LogP contribution is 2.27. The van der Waals surface area contributed by atoms with Crippen LogP contribution >= 0.6 is 0 Å². The maximum absolute atomic E-state index is 12.9. The first-order valence-electron chi connectivity index (χ1n) is 13.1. The Kier molecular flexibility index (Phi) is 7.18. The van der Waals surface area contributed by atoms with E-state index in [2.05, 4.69) is 15.2 Å². The van der Waals surface area contributed by atoms with Gasteiger partial charge < -0.3 is 19.7 Å². The Morgan fingerprint density at radius 1 is 1.10 bits per heavy atom. The Morgan fingerprint density at radius 2 is 1.95 bits per heavy atom. The number of nitrogens with one attached hydrogen (secondary N) is 1. The van der Waals surface area contributed by atoms with E-state index in [0.717, 1.165) is 47.8 Å². The summed E-state index contributed by atoms with van der Waals surface area (Å²) >= 11 is 0. The highest BCUT2D eigenvalue weighted by atomic mass is 32.2. The van der Waals surface area contributed by atoms with E-state index < -0.39 is 9.84 Å². The minimum Gasteiger partial charge on any atom is -0.384 e. The number of aromatic nitrogens is 3. The molecule has 6 rings (SSSR count). The average molecular weight is 560 g/mol. The summed E-state index contributed by atoms with van der Waals surface area (Å²) in [6, 6.07) is 16.3. The van der Waals surface area contributed by atoms with E-state index in [-0.39, 0.29) is 41.9 Å². The Labute approximate surface area is 232 Å². The van der Waals surface area contributed by atoms with Crippen LogP contribution in [0.15, 0.2) is 65.7 Å². The number of fused-ring (bicyclic) bond motifs is 2. The highest BCUT2D eigenvalue weighted by molar-refractivity contribution is 7.91. The quantitative estimate of drug-likeness (QED) is 0.364. The van der Waals surface area contributed by atoms with Crippen LogP contribution in [0.3, 0.4) is 0 Å². The van der Waals surface area contributed by atoms with E-state index in [1.165, 1.54) is 6.07 Å². The molecule has 1 saturated heterocycles. The van der Waals surface area contributed by atoms with Crippen molar-refractivity contribution in [3.8, 4) is 11.4 Å². The van der Waals surface area contributed by atoms with E-state index in [4.69, 9.17) is 19.4 Å². The van der Waals surface area contributed by atoms with E-state index in [9.17, 15) is 13.2 Å². The van der Waals surface area contributed by atoms with Crippen molar-refractivity contribution >= 4 is 32.5 Å². The Morgan fingerprint density at radius 3 is 2.80 bits per heavy atom. The van der Waals surface area contributed by atoms with Crippen LogP contribution in [0.4, 0.5) is 5.82 Å². The molecule has 11 heteroatoms. The number of rotatable bonds is 7. The topological polar surface area (TPSA) is 124 Å². The van der Waals surface area contributed by atoms with Gasteiger partial charge in [0, 0.05) is 43.3 Å². The van der Waals surface area contributed by atoms with Crippen LogP contribution < -0.4 is 10.2 Å². The number of anilines is 1. The fourth-order valence-corrected chi connectivity index (χ4v) is 6.37. The zero-order chi connectivity index (χ0) is 27.7. The largest absolute Gasteiger partial charge is 0.384 e. The van der Waals surface area contributed by atoms with Crippen molar-refractivity contribution in [1.29, 1.82) is 0 Å². The first-order chi connectivity index (χ1) is 19.4. The molecular formula is C29H29N5O5S. The number of amides is 1. The Hall–Kier alpha value is -3.93. The molecule has 0 unspecified atom stereocenters. The monoisotopic (exact) mass is 559 g/mol. The van der Waals surface area contributed by atoms with Crippen molar-refractivity contribution in [2.24, 2.45) is 5.92 Å². The molecule has 1 N–H and O–H groups in total. The number of carbonyl (C=O) groups excluding carboxylic acids is 1. The average Bonchev–Trinajstić information content (AvgIpc) is 3.10. The predicted octanol–water partition coefficient (Wildman–Crippen LogP) is 3.01.